The van der Waals surface area contributed by atoms with Crippen molar-refractivity contribution in [2.24, 2.45) is 0 Å². The smallest absolute Gasteiger partial charge is 0.113 e. The van der Waals surface area contributed by atoms with Crippen LogP contribution in [0.4, 0.5) is 0 Å². The van der Waals surface area contributed by atoms with E-state index in [0.29, 0.717) is 6.04 Å². The van der Waals surface area contributed by atoms with Crippen molar-refractivity contribution >= 4 is 11.8 Å². The summed E-state index contributed by atoms with van der Waals surface area (Å²) in [5.74, 6) is 1.93. The first-order chi connectivity index (χ1) is 5.54. The number of hydrogen-bond acceptors (Lipinski definition) is 3. The van der Waals surface area contributed by atoms with Gasteiger partial charge >= 0.3 is 0 Å². The fourth-order valence-corrected chi connectivity index (χ4v) is 1.81. The van der Waals surface area contributed by atoms with E-state index in [1.807, 2.05) is 6.92 Å². The summed E-state index contributed by atoms with van der Waals surface area (Å²) in [5.41, 5.74) is -0.366. The first-order valence-electron chi connectivity index (χ1n) is 4.30. The van der Waals surface area contributed by atoms with Gasteiger partial charge in [-0.3, -0.25) is 5.32 Å². The Morgan fingerprint density at radius 3 is 2.50 bits per heavy atom. The van der Waals surface area contributed by atoms with Crippen molar-refractivity contribution in [3.63, 3.8) is 0 Å². The lowest BCUT2D eigenvalue weighted by atomic mass is 10.1. The zero-order chi connectivity index (χ0) is 9.61. The summed E-state index contributed by atoms with van der Waals surface area (Å²) in [6.45, 7) is 8.19. The highest BCUT2D eigenvalue weighted by Crippen LogP contribution is 2.12. The predicted octanol–water partition coefficient (Wildman–Crippen LogP) is 2.02. The van der Waals surface area contributed by atoms with Crippen LogP contribution in [-0.2, 0) is 0 Å². The summed E-state index contributed by atoms with van der Waals surface area (Å²) < 4.78 is 0. The maximum Gasteiger partial charge on any atom is 0.113 e. The van der Waals surface area contributed by atoms with Crippen molar-refractivity contribution < 1.29 is 0 Å². The molecule has 0 bridgehead atoms. The van der Waals surface area contributed by atoms with Gasteiger partial charge in [0.1, 0.15) is 5.54 Å². The number of nitrogens with zero attached hydrogens (tertiary/aromatic N) is 1. The molecule has 0 aliphatic rings. The molecule has 0 aromatic carbocycles. The van der Waals surface area contributed by atoms with Crippen LogP contribution in [0.25, 0.3) is 0 Å². The zero-order valence-corrected chi connectivity index (χ0v) is 9.16. The van der Waals surface area contributed by atoms with Crippen LogP contribution in [0.3, 0.4) is 0 Å². The molecule has 2 nitrogen and oxygen atoms in total. The van der Waals surface area contributed by atoms with Crippen LogP contribution in [0.2, 0.25) is 0 Å². The molecule has 3 heteroatoms. The molecular weight excluding hydrogens is 168 g/mol. The zero-order valence-electron chi connectivity index (χ0n) is 8.35. The molecule has 0 aromatic rings. The van der Waals surface area contributed by atoms with E-state index in [0.717, 1.165) is 11.5 Å². The second kappa shape index (κ2) is 5.45. The molecule has 0 rings (SSSR count). The van der Waals surface area contributed by atoms with E-state index >= 15 is 0 Å². The fourth-order valence-electron chi connectivity index (χ4n) is 1.05. The van der Waals surface area contributed by atoms with Crippen LogP contribution in [0.15, 0.2) is 0 Å². The molecule has 0 radical (unpaired) electrons. The number of hydrogen-bond donors (Lipinski definition) is 1. The van der Waals surface area contributed by atoms with Crippen LogP contribution < -0.4 is 5.32 Å². The molecular formula is C9H18N2S. The second-order valence-corrected chi connectivity index (χ2v) is 4.65. The largest absolute Gasteiger partial charge is 0.297 e. The van der Waals surface area contributed by atoms with Gasteiger partial charge in [0, 0.05) is 11.8 Å². The van der Waals surface area contributed by atoms with Gasteiger partial charge in [0.25, 0.3) is 0 Å². The van der Waals surface area contributed by atoms with E-state index in [1.165, 1.54) is 0 Å². The molecule has 0 saturated carbocycles. The third-order valence-corrected chi connectivity index (χ3v) is 2.64. The Labute approximate surface area is 79.7 Å². The van der Waals surface area contributed by atoms with Gasteiger partial charge < -0.3 is 0 Å². The quantitative estimate of drug-likeness (QED) is 0.713. The van der Waals surface area contributed by atoms with Crippen molar-refractivity contribution in [1.82, 2.24) is 5.32 Å². The minimum atomic E-state index is -0.366. The summed E-state index contributed by atoms with van der Waals surface area (Å²) in [6.07, 6.45) is 0. The molecule has 0 spiro atoms. The molecule has 0 aliphatic heterocycles. The summed E-state index contributed by atoms with van der Waals surface area (Å²) in [4.78, 5) is 0. The first kappa shape index (κ1) is 11.8. The Bertz CT molecular complexity index is 162. The molecule has 0 aliphatic carbocycles. The molecule has 12 heavy (non-hydrogen) atoms. The van der Waals surface area contributed by atoms with E-state index in [9.17, 15) is 0 Å². The van der Waals surface area contributed by atoms with Crippen molar-refractivity contribution in [2.45, 2.75) is 39.3 Å². The summed E-state index contributed by atoms with van der Waals surface area (Å²) in [6, 6.07) is 2.68. The lowest BCUT2D eigenvalue weighted by Gasteiger charge is -2.25. The molecule has 0 fully saturated rings. The first-order valence-corrected chi connectivity index (χ1v) is 5.46. The Morgan fingerprint density at radius 2 is 2.17 bits per heavy atom. The van der Waals surface area contributed by atoms with Crippen LogP contribution in [0, 0.1) is 11.3 Å². The highest BCUT2D eigenvalue weighted by Gasteiger charge is 2.23. The molecule has 70 valence electrons. The summed E-state index contributed by atoms with van der Waals surface area (Å²) >= 11 is 1.80. The number of nitrogens with one attached hydrogen (secondary N) is 1. The van der Waals surface area contributed by atoms with Crippen molar-refractivity contribution in [3.8, 4) is 6.07 Å². The van der Waals surface area contributed by atoms with E-state index in [4.69, 9.17) is 5.26 Å². The van der Waals surface area contributed by atoms with Crippen LogP contribution in [0.5, 0.6) is 0 Å². The van der Waals surface area contributed by atoms with Crippen molar-refractivity contribution in [1.29, 1.82) is 5.26 Å². The van der Waals surface area contributed by atoms with Crippen molar-refractivity contribution in [2.75, 3.05) is 11.5 Å². The summed E-state index contributed by atoms with van der Waals surface area (Å²) in [5, 5.41) is 12.2. The van der Waals surface area contributed by atoms with Crippen LogP contribution >= 0.6 is 11.8 Å². The van der Waals surface area contributed by atoms with Gasteiger partial charge in [-0.25, -0.2) is 0 Å². The Balaban J connectivity index is 3.98. The molecule has 0 saturated heterocycles. The normalized spacial score (nSPS) is 15.7. The van der Waals surface area contributed by atoms with Gasteiger partial charge in [-0.1, -0.05) is 6.92 Å². The third kappa shape index (κ3) is 4.63. The average molecular weight is 186 g/mol. The Morgan fingerprint density at radius 1 is 1.58 bits per heavy atom. The second-order valence-electron chi connectivity index (χ2n) is 3.38. The monoisotopic (exact) mass is 186 g/mol. The van der Waals surface area contributed by atoms with E-state index in [-0.39, 0.29) is 5.54 Å². The number of nitriles is 1. The van der Waals surface area contributed by atoms with E-state index < -0.39 is 0 Å². The SMILES string of the molecule is CCSCC(C)(C#N)NC(C)C. The van der Waals surface area contributed by atoms with Gasteiger partial charge in [0.05, 0.1) is 6.07 Å². The average Bonchev–Trinajstić information content (AvgIpc) is 2.00. The fraction of sp³-hybridized carbons (Fsp3) is 0.889. The highest BCUT2D eigenvalue weighted by atomic mass is 32.2. The minimum Gasteiger partial charge on any atom is -0.297 e. The maximum atomic E-state index is 8.93. The van der Waals surface area contributed by atoms with E-state index in [2.05, 4.69) is 32.2 Å². The number of rotatable bonds is 5. The third-order valence-electron chi connectivity index (χ3n) is 1.45. The van der Waals surface area contributed by atoms with Gasteiger partial charge in [-0.15, -0.1) is 0 Å². The highest BCUT2D eigenvalue weighted by molar-refractivity contribution is 7.99. The molecule has 1 atom stereocenters. The predicted molar refractivity (Wildman–Crippen MR) is 55.3 cm³/mol. The lowest BCUT2D eigenvalue weighted by molar-refractivity contribution is 0.443. The number of thioether (sulfide) groups is 1. The summed E-state index contributed by atoms with van der Waals surface area (Å²) in [7, 11) is 0. The van der Waals surface area contributed by atoms with E-state index in [1.54, 1.807) is 11.8 Å². The lowest BCUT2D eigenvalue weighted by Crippen LogP contribution is -2.47. The van der Waals surface area contributed by atoms with Crippen molar-refractivity contribution in [3.05, 3.63) is 0 Å². The molecule has 0 amide bonds. The maximum absolute atomic E-state index is 8.93. The molecule has 0 aromatic heterocycles. The molecule has 0 heterocycles. The van der Waals surface area contributed by atoms with Crippen LogP contribution in [0.1, 0.15) is 27.7 Å². The van der Waals surface area contributed by atoms with Gasteiger partial charge in [0.15, 0.2) is 0 Å². The molecule has 1 unspecified atom stereocenters. The topological polar surface area (TPSA) is 35.8 Å². The van der Waals surface area contributed by atoms with Gasteiger partial charge in [-0.05, 0) is 26.5 Å². The molecule has 1 N–H and O–H groups in total. The standard InChI is InChI=1S/C9H18N2S/c1-5-12-7-9(4,6-10)11-8(2)3/h8,11H,5,7H2,1-4H3. The Kier molecular flexibility index (Phi) is 5.36. The minimum absolute atomic E-state index is 0.366. The van der Waals surface area contributed by atoms with Gasteiger partial charge in [0.2, 0.25) is 0 Å². The van der Waals surface area contributed by atoms with Gasteiger partial charge in [-0.2, -0.15) is 17.0 Å². The Hall–Kier alpha value is -0.200. The van der Waals surface area contributed by atoms with Crippen LogP contribution in [-0.4, -0.2) is 23.1 Å².